The number of nitrogens with zero attached hydrogens (tertiary/aromatic N) is 6. The van der Waals surface area contributed by atoms with Crippen LogP contribution in [0.1, 0.15) is 77.6 Å². The smallest absolute Gasteiger partial charge is 0.164 e. The molecule has 0 amide bonds. The topological polar surface area (TPSA) is 77.3 Å². The van der Waals surface area contributed by atoms with Gasteiger partial charge in [0.1, 0.15) is 0 Å². The van der Waals surface area contributed by atoms with E-state index in [4.69, 9.17) is 29.9 Å². The van der Waals surface area contributed by atoms with Gasteiger partial charge in [0.25, 0.3) is 0 Å². The van der Waals surface area contributed by atoms with Crippen LogP contribution in [0.4, 0.5) is 0 Å². The van der Waals surface area contributed by atoms with Crippen LogP contribution in [0.3, 0.4) is 0 Å². The zero-order chi connectivity index (χ0) is 66.7. The van der Waals surface area contributed by atoms with E-state index in [2.05, 4.69) is 213 Å². The summed E-state index contributed by atoms with van der Waals surface area (Å²) in [6.07, 6.45) is 0. The summed E-state index contributed by atoms with van der Waals surface area (Å²) in [5.74, 6) is 3.99. The Hall–Kier alpha value is -10.9. The van der Waals surface area contributed by atoms with E-state index in [9.17, 15) is 0 Å². The first-order valence-corrected chi connectivity index (χ1v) is 35.4. The number of hydrogen-bond donors (Lipinski definition) is 0. The molecule has 4 aromatic heterocycles. The van der Waals surface area contributed by atoms with Gasteiger partial charge in [-0.1, -0.05) is 304 Å². The number of benzene rings is 12. The third kappa shape index (κ3) is 10.0. The van der Waals surface area contributed by atoms with E-state index < -0.39 is 0 Å². The fourth-order valence-electron chi connectivity index (χ4n) is 15.0. The molecule has 2 aliphatic rings. The molecule has 0 saturated carbocycles. The first kappa shape index (κ1) is 60.7. The molecule has 0 spiro atoms. The summed E-state index contributed by atoms with van der Waals surface area (Å²) < 4.78 is 5.55. The molecule has 0 N–H and O–H groups in total. The lowest BCUT2D eigenvalue weighted by Gasteiger charge is -2.48. The molecule has 18 rings (SSSR count). The second kappa shape index (κ2) is 23.4. The van der Waals surface area contributed by atoms with Crippen molar-refractivity contribution in [2.45, 2.75) is 77.0 Å². The van der Waals surface area contributed by atoms with Crippen LogP contribution in [0, 0.1) is 0 Å². The number of aromatic nitrogens is 6. The maximum Gasteiger partial charge on any atom is 0.164 e. The maximum atomic E-state index is 4.99. The van der Waals surface area contributed by atoms with Crippen LogP contribution in [0.25, 0.3) is 153 Å². The molecule has 0 aliphatic heterocycles. The van der Waals surface area contributed by atoms with Crippen LogP contribution in [-0.2, 0) is 21.7 Å². The molecule has 0 fully saturated rings. The molecule has 8 heteroatoms. The molecule has 0 atom stereocenters. The summed E-state index contributed by atoms with van der Waals surface area (Å²) in [7, 11) is 0. The largest absolute Gasteiger partial charge is 0.208 e. The summed E-state index contributed by atoms with van der Waals surface area (Å²) in [5.41, 5.74) is 21.2. The minimum absolute atomic E-state index is 0.0796. The maximum absolute atomic E-state index is 4.99. The van der Waals surface area contributed by atoms with Crippen LogP contribution in [0.15, 0.2) is 279 Å². The highest BCUT2D eigenvalue weighted by molar-refractivity contribution is 7.26. The highest BCUT2D eigenvalue weighted by Crippen LogP contribution is 2.60. The molecule has 16 aromatic rings. The van der Waals surface area contributed by atoms with Crippen molar-refractivity contribution in [3.05, 3.63) is 301 Å². The molecular formula is C90H70N6S2. The predicted molar refractivity (Wildman–Crippen MR) is 412 cm³/mol. The average molecular weight is 1300 g/mol. The highest BCUT2D eigenvalue weighted by Gasteiger charge is 2.49. The SMILES string of the molecule is CC1(C)c2cc(-c3ccc(-c4nc(-c5ccccc5)nc(-c5ccccc5)n4)cc3)ccc2-c2ccc3c(sc4ccccc43)c2C1(C)C.CC1(C)c2cc(-c3cccc(-c4nc(-c5ccccc5)nc(-c5ccccc5)n4)c3)ccc2-c2ccc3c(sc4ccccc43)c2C1(C)C. The van der Waals surface area contributed by atoms with E-state index in [0.29, 0.717) is 34.9 Å². The van der Waals surface area contributed by atoms with E-state index in [1.165, 1.54) is 102 Å². The second-order valence-electron chi connectivity index (χ2n) is 28.2. The van der Waals surface area contributed by atoms with Crippen molar-refractivity contribution < 1.29 is 0 Å². The normalized spacial score (nSPS) is 14.4. The third-order valence-corrected chi connectivity index (χ3v) is 24.2. The van der Waals surface area contributed by atoms with Crippen LogP contribution in [-0.4, -0.2) is 29.9 Å². The van der Waals surface area contributed by atoms with Crippen LogP contribution in [0.5, 0.6) is 0 Å². The monoisotopic (exact) mass is 1300 g/mol. The fraction of sp³-hybridized carbons (Fsp3) is 0.133. The molecule has 98 heavy (non-hydrogen) atoms. The van der Waals surface area contributed by atoms with Crippen molar-refractivity contribution in [2.75, 3.05) is 0 Å². The molecule has 0 unspecified atom stereocenters. The van der Waals surface area contributed by atoms with E-state index in [1.807, 2.05) is 144 Å². The number of fused-ring (bicyclic) bond motifs is 14. The molecular weight excluding hydrogens is 1230 g/mol. The van der Waals surface area contributed by atoms with Crippen LogP contribution in [0.2, 0.25) is 0 Å². The zero-order valence-electron chi connectivity index (χ0n) is 56.1. The molecule has 0 saturated heterocycles. The Labute approximate surface area is 580 Å². The third-order valence-electron chi connectivity index (χ3n) is 21.8. The van der Waals surface area contributed by atoms with Crippen molar-refractivity contribution in [1.29, 1.82) is 0 Å². The molecule has 4 heterocycles. The Morgan fingerprint density at radius 1 is 0.214 bits per heavy atom. The Balaban J connectivity index is 0.000000147. The molecule has 12 aromatic carbocycles. The summed E-state index contributed by atoms with van der Waals surface area (Å²) in [4.78, 5) is 29.6. The van der Waals surface area contributed by atoms with Gasteiger partial charge in [0, 0.05) is 84.6 Å². The second-order valence-corrected chi connectivity index (χ2v) is 30.3. The van der Waals surface area contributed by atoms with E-state index in [0.717, 1.165) is 38.9 Å². The molecule has 6 nitrogen and oxygen atoms in total. The summed E-state index contributed by atoms with van der Waals surface area (Å²) in [6, 6.07) is 98.9. The van der Waals surface area contributed by atoms with Crippen LogP contribution >= 0.6 is 22.7 Å². The lowest BCUT2D eigenvalue weighted by Crippen LogP contribution is -2.43. The summed E-state index contributed by atoms with van der Waals surface area (Å²) >= 11 is 3.87. The van der Waals surface area contributed by atoms with Gasteiger partial charge in [-0.05, 0) is 108 Å². The fourth-order valence-corrected chi connectivity index (χ4v) is 17.9. The first-order chi connectivity index (χ1) is 47.6. The van der Waals surface area contributed by atoms with Crippen molar-refractivity contribution in [1.82, 2.24) is 29.9 Å². The van der Waals surface area contributed by atoms with Crippen molar-refractivity contribution in [3.63, 3.8) is 0 Å². The molecule has 0 radical (unpaired) electrons. The quantitative estimate of drug-likeness (QED) is 0.151. The molecule has 2 aliphatic carbocycles. The van der Waals surface area contributed by atoms with Gasteiger partial charge < -0.3 is 0 Å². The Morgan fingerprint density at radius 2 is 0.500 bits per heavy atom. The summed E-state index contributed by atoms with van der Waals surface area (Å²) in [6.45, 7) is 19.4. The van der Waals surface area contributed by atoms with Crippen molar-refractivity contribution in [3.8, 4) is 113 Å². The van der Waals surface area contributed by atoms with Crippen molar-refractivity contribution in [2.24, 2.45) is 0 Å². The Bertz CT molecular complexity index is 5680. The van der Waals surface area contributed by atoms with Gasteiger partial charge in [0.15, 0.2) is 34.9 Å². The van der Waals surface area contributed by atoms with E-state index >= 15 is 0 Å². The standard InChI is InChI=1S/2C45H35N3S/c1-44(2)37-27-31(22-23-33(37)35-24-25-36-34-20-11-12-21-38(34)49-40(36)39(35)45(44,3)4)30-18-13-19-32(26-30)43-47-41(28-14-7-5-8-15-28)46-42(48-43)29-16-9-6-10-17-29;1-44(2)37-27-32(23-24-33(37)35-25-26-36-34-17-11-12-18-38(34)49-40(36)39(35)45(44,3)4)28-19-21-31(22-20-28)43-47-41(29-13-7-5-8-14-29)46-42(48-43)30-15-9-6-10-16-30/h2*5-27H,1-4H3. The first-order valence-electron chi connectivity index (χ1n) is 33.7. The summed E-state index contributed by atoms with van der Waals surface area (Å²) in [5, 5.41) is 5.44. The van der Waals surface area contributed by atoms with E-state index in [1.54, 1.807) is 0 Å². The average Bonchev–Trinajstić information content (AvgIpc) is 1.21. The minimum Gasteiger partial charge on any atom is -0.208 e. The molecule has 472 valence electrons. The minimum atomic E-state index is -0.114. The lowest BCUT2D eigenvalue weighted by molar-refractivity contribution is 0.302. The highest BCUT2D eigenvalue weighted by atomic mass is 32.1. The zero-order valence-corrected chi connectivity index (χ0v) is 57.7. The van der Waals surface area contributed by atoms with Gasteiger partial charge in [0.2, 0.25) is 0 Å². The van der Waals surface area contributed by atoms with Gasteiger partial charge in [-0.15, -0.1) is 22.7 Å². The number of rotatable bonds is 8. The predicted octanol–water partition coefficient (Wildman–Crippen LogP) is 24.3. The number of thiophene rings is 2. The van der Waals surface area contributed by atoms with Gasteiger partial charge >= 0.3 is 0 Å². The molecule has 0 bridgehead atoms. The Kier molecular flexibility index (Phi) is 14.5. The van der Waals surface area contributed by atoms with Gasteiger partial charge in [-0.3, -0.25) is 0 Å². The van der Waals surface area contributed by atoms with Crippen LogP contribution < -0.4 is 0 Å². The Morgan fingerprint density at radius 3 is 0.898 bits per heavy atom. The van der Waals surface area contributed by atoms with Crippen molar-refractivity contribution >= 4 is 63.0 Å². The lowest BCUT2D eigenvalue weighted by atomic mass is 9.55. The van der Waals surface area contributed by atoms with E-state index in [-0.39, 0.29) is 21.7 Å². The van der Waals surface area contributed by atoms with Gasteiger partial charge in [-0.25, -0.2) is 29.9 Å². The number of hydrogen-bond acceptors (Lipinski definition) is 8. The van der Waals surface area contributed by atoms with Gasteiger partial charge in [0.05, 0.1) is 0 Å². The van der Waals surface area contributed by atoms with Gasteiger partial charge in [-0.2, -0.15) is 0 Å².